The minimum absolute atomic E-state index is 0.712. The zero-order valence-electron chi connectivity index (χ0n) is 9.95. The van der Waals surface area contributed by atoms with E-state index in [-0.39, 0.29) is 0 Å². The van der Waals surface area contributed by atoms with Crippen LogP contribution in [0.4, 0.5) is 0 Å². The Morgan fingerprint density at radius 1 is 1.31 bits per heavy atom. The molecule has 0 spiro atoms. The van der Waals surface area contributed by atoms with Crippen molar-refractivity contribution in [1.29, 1.82) is 0 Å². The van der Waals surface area contributed by atoms with Crippen molar-refractivity contribution < 1.29 is 0 Å². The summed E-state index contributed by atoms with van der Waals surface area (Å²) in [6.45, 7) is 4.21. The molecule has 1 aromatic heterocycles. The first-order chi connectivity index (χ1) is 7.86. The summed E-state index contributed by atoms with van der Waals surface area (Å²) in [7, 11) is 0. The highest BCUT2D eigenvalue weighted by Crippen LogP contribution is 2.11. The second kappa shape index (κ2) is 8.54. The molecule has 1 rings (SSSR count). The number of hydrogen-bond donors (Lipinski definition) is 1. The second-order valence-corrected chi connectivity index (χ2v) is 4.50. The summed E-state index contributed by atoms with van der Waals surface area (Å²) in [6.07, 6.45) is 7.27. The average Bonchev–Trinajstić information content (AvgIpc) is 2.31. The molecule has 0 saturated heterocycles. The number of nitrogens with one attached hydrogen (secondary N) is 1. The minimum atomic E-state index is 0.712. The lowest BCUT2D eigenvalue weighted by atomic mass is 10.0. The van der Waals surface area contributed by atoms with Crippen LogP contribution < -0.4 is 5.32 Å². The molecule has 1 heterocycles. The number of nitrogens with zero attached hydrogens (tertiary/aromatic N) is 1. The van der Waals surface area contributed by atoms with Gasteiger partial charge < -0.3 is 5.32 Å². The lowest BCUT2D eigenvalue weighted by Crippen LogP contribution is -2.22. The third kappa shape index (κ3) is 5.47. The molecule has 0 aliphatic carbocycles. The van der Waals surface area contributed by atoms with Crippen molar-refractivity contribution >= 4 is 11.6 Å². The van der Waals surface area contributed by atoms with Crippen LogP contribution in [0.5, 0.6) is 0 Å². The maximum atomic E-state index is 5.79. The summed E-state index contributed by atoms with van der Waals surface area (Å²) in [4.78, 5) is 4.00. The Morgan fingerprint density at radius 3 is 2.69 bits per heavy atom. The molecule has 0 fully saturated rings. The Labute approximate surface area is 103 Å². The van der Waals surface area contributed by atoms with E-state index < -0.39 is 0 Å². The Hall–Kier alpha value is -0.600. The summed E-state index contributed by atoms with van der Waals surface area (Å²) < 4.78 is 0. The van der Waals surface area contributed by atoms with Crippen LogP contribution in [0.3, 0.4) is 0 Å². The molecule has 1 unspecified atom stereocenters. The SMILES string of the molecule is CCCC(CCCl)CNCc1ccncc1. The van der Waals surface area contributed by atoms with Crippen LogP contribution in [-0.4, -0.2) is 17.4 Å². The lowest BCUT2D eigenvalue weighted by molar-refractivity contribution is 0.430. The largest absolute Gasteiger partial charge is 0.312 e. The van der Waals surface area contributed by atoms with Gasteiger partial charge in [0, 0.05) is 24.8 Å². The van der Waals surface area contributed by atoms with E-state index in [2.05, 4.69) is 17.2 Å². The van der Waals surface area contributed by atoms with Gasteiger partial charge in [0.05, 0.1) is 0 Å². The van der Waals surface area contributed by atoms with E-state index in [1.54, 1.807) is 0 Å². The van der Waals surface area contributed by atoms with Gasteiger partial charge in [0.2, 0.25) is 0 Å². The van der Waals surface area contributed by atoms with Gasteiger partial charge in [-0.05, 0) is 43.0 Å². The molecule has 1 atom stereocenters. The number of alkyl halides is 1. The summed E-state index contributed by atoms with van der Waals surface area (Å²) in [5.41, 5.74) is 1.29. The highest BCUT2D eigenvalue weighted by molar-refractivity contribution is 6.17. The van der Waals surface area contributed by atoms with E-state index >= 15 is 0 Å². The molecule has 0 aliphatic rings. The molecule has 90 valence electrons. The van der Waals surface area contributed by atoms with Gasteiger partial charge in [-0.25, -0.2) is 0 Å². The molecule has 1 aromatic rings. The molecule has 0 aliphatic heterocycles. The fourth-order valence-corrected chi connectivity index (χ4v) is 2.14. The van der Waals surface area contributed by atoms with E-state index in [1.807, 2.05) is 24.5 Å². The number of aromatic nitrogens is 1. The average molecular weight is 241 g/mol. The fourth-order valence-electron chi connectivity index (χ4n) is 1.83. The number of rotatable bonds is 8. The van der Waals surface area contributed by atoms with Gasteiger partial charge in [0.25, 0.3) is 0 Å². The van der Waals surface area contributed by atoms with E-state index in [4.69, 9.17) is 11.6 Å². The number of hydrogen-bond acceptors (Lipinski definition) is 2. The van der Waals surface area contributed by atoms with Crippen molar-refractivity contribution in [1.82, 2.24) is 10.3 Å². The first-order valence-electron chi connectivity index (χ1n) is 6.02. The standard InChI is InChI=1S/C13H21ClN2/c1-2-3-12(4-7-14)10-16-11-13-5-8-15-9-6-13/h5-6,8-9,12,16H,2-4,7,10-11H2,1H3. The van der Waals surface area contributed by atoms with E-state index in [1.165, 1.54) is 18.4 Å². The molecule has 1 N–H and O–H groups in total. The van der Waals surface area contributed by atoms with Gasteiger partial charge in [-0.1, -0.05) is 13.3 Å². The fraction of sp³-hybridized carbons (Fsp3) is 0.615. The smallest absolute Gasteiger partial charge is 0.0271 e. The quantitative estimate of drug-likeness (QED) is 0.706. The molecule has 0 amide bonds. The van der Waals surface area contributed by atoms with Crippen LogP contribution in [0, 0.1) is 5.92 Å². The van der Waals surface area contributed by atoms with Crippen molar-refractivity contribution in [2.45, 2.75) is 32.7 Å². The van der Waals surface area contributed by atoms with Crippen molar-refractivity contribution in [2.24, 2.45) is 5.92 Å². The predicted molar refractivity (Wildman–Crippen MR) is 69.7 cm³/mol. The van der Waals surface area contributed by atoms with Crippen molar-refractivity contribution in [3.8, 4) is 0 Å². The monoisotopic (exact) mass is 240 g/mol. The second-order valence-electron chi connectivity index (χ2n) is 4.12. The zero-order valence-corrected chi connectivity index (χ0v) is 10.7. The molecule has 3 heteroatoms. The van der Waals surface area contributed by atoms with Crippen molar-refractivity contribution in [3.63, 3.8) is 0 Å². The Bertz CT molecular complexity index is 258. The third-order valence-electron chi connectivity index (χ3n) is 2.73. The van der Waals surface area contributed by atoms with Crippen LogP contribution in [0.25, 0.3) is 0 Å². The molecule has 16 heavy (non-hydrogen) atoms. The molecule has 2 nitrogen and oxygen atoms in total. The summed E-state index contributed by atoms with van der Waals surface area (Å²) in [6, 6.07) is 4.09. The maximum Gasteiger partial charge on any atom is 0.0271 e. The normalized spacial score (nSPS) is 12.6. The Balaban J connectivity index is 2.22. The number of halogens is 1. The first-order valence-corrected chi connectivity index (χ1v) is 6.55. The highest BCUT2D eigenvalue weighted by Gasteiger charge is 2.06. The first kappa shape index (κ1) is 13.5. The third-order valence-corrected chi connectivity index (χ3v) is 2.94. The summed E-state index contributed by atoms with van der Waals surface area (Å²) >= 11 is 5.79. The van der Waals surface area contributed by atoms with E-state index in [0.29, 0.717) is 5.92 Å². The maximum absolute atomic E-state index is 5.79. The molecule has 0 aromatic carbocycles. The minimum Gasteiger partial charge on any atom is -0.312 e. The highest BCUT2D eigenvalue weighted by atomic mass is 35.5. The van der Waals surface area contributed by atoms with Crippen molar-refractivity contribution in [3.05, 3.63) is 30.1 Å². The summed E-state index contributed by atoms with van der Waals surface area (Å²) in [5.74, 6) is 1.48. The van der Waals surface area contributed by atoms with Gasteiger partial charge in [0.1, 0.15) is 0 Å². The topological polar surface area (TPSA) is 24.9 Å². The van der Waals surface area contributed by atoms with Gasteiger partial charge >= 0.3 is 0 Å². The molecular weight excluding hydrogens is 220 g/mol. The van der Waals surface area contributed by atoms with Crippen LogP contribution in [0.1, 0.15) is 31.7 Å². The molecule has 0 radical (unpaired) electrons. The molecular formula is C13H21ClN2. The Morgan fingerprint density at radius 2 is 2.06 bits per heavy atom. The van der Waals surface area contributed by atoms with Gasteiger partial charge in [0.15, 0.2) is 0 Å². The van der Waals surface area contributed by atoms with Gasteiger partial charge in [-0.2, -0.15) is 0 Å². The van der Waals surface area contributed by atoms with Crippen LogP contribution in [0.15, 0.2) is 24.5 Å². The van der Waals surface area contributed by atoms with Crippen LogP contribution in [0.2, 0.25) is 0 Å². The number of pyridine rings is 1. The van der Waals surface area contributed by atoms with E-state index in [9.17, 15) is 0 Å². The predicted octanol–water partition coefficient (Wildman–Crippen LogP) is 3.22. The molecule has 0 saturated carbocycles. The van der Waals surface area contributed by atoms with E-state index in [0.717, 1.165) is 25.4 Å². The van der Waals surface area contributed by atoms with Crippen LogP contribution >= 0.6 is 11.6 Å². The lowest BCUT2D eigenvalue weighted by Gasteiger charge is -2.15. The summed E-state index contributed by atoms with van der Waals surface area (Å²) in [5, 5.41) is 3.48. The van der Waals surface area contributed by atoms with Gasteiger partial charge in [-0.15, -0.1) is 11.6 Å². The Kier molecular flexibility index (Phi) is 7.19. The molecule has 0 bridgehead atoms. The van der Waals surface area contributed by atoms with Gasteiger partial charge in [-0.3, -0.25) is 4.98 Å². The van der Waals surface area contributed by atoms with Crippen molar-refractivity contribution in [2.75, 3.05) is 12.4 Å². The van der Waals surface area contributed by atoms with Crippen LogP contribution in [-0.2, 0) is 6.54 Å². The zero-order chi connectivity index (χ0) is 11.6.